The zero-order valence-corrected chi connectivity index (χ0v) is 28.9. The van der Waals surface area contributed by atoms with E-state index in [0.29, 0.717) is 17.3 Å². The molecule has 0 aromatic heterocycles. The fourth-order valence-electron chi connectivity index (χ4n) is 4.88. The molecule has 0 bridgehead atoms. The van der Waals surface area contributed by atoms with Crippen molar-refractivity contribution in [3.63, 3.8) is 0 Å². The number of anilines is 1. The molecular formula is C35H37BrClN3O5S. The second-order valence-electron chi connectivity index (χ2n) is 10.7. The quantitative estimate of drug-likeness (QED) is 0.135. The number of hydrogen-bond acceptors (Lipinski definition) is 5. The average Bonchev–Trinajstić information content (AvgIpc) is 3.06. The average molecular weight is 727 g/mol. The van der Waals surface area contributed by atoms with Crippen molar-refractivity contribution in [1.29, 1.82) is 0 Å². The first-order valence-corrected chi connectivity index (χ1v) is 17.5. The summed E-state index contributed by atoms with van der Waals surface area (Å²) in [4.78, 5) is 29.8. The van der Waals surface area contributed by atoms with Crippen molar-refractivity contribution in [3.05, 3.63) is 124 Å². The van der Waals surface area contributed by atoms with Gasteiger partial charge in [-0.2, -0.15) is 0 Å². The number of halogens is 2. The number of hydrogen-bond donors (Lipinski definition) is 1. The minimum atomic E-state index is -4.26. The van der Waals surface area contributed by atoms with Crippen LogP contribution in [-0.4, -0.2) is 51.4 Å². The number of nitrogens with one attached hydrogen (secondary N) is 1. The highest BCUT2D eigenvalue weighted by atomic mass is 79.9. The summed E-state index contributed by atoms with van der Waals surface area (Å²) in [7, 11) is -2.77. The van der Waals surface area contributed by atoms with Gasteiger partial charge in [0.2, 0.25) is 11.8 Å². The zero-order valence-electron chi connectivity index (χ0n) is 25.7. The van der Waals surface area contributed by atoms with Crippen LogP contribution in [0.4, 0.5) is 5.69 Å². The van der Waals surface area contributed by atoms with Gasteiger partial charge < -0.3 is 15.0 Å². The number of methoxy groups -OCH3 is 1. The fraction of sp³-hybridized carbons (Fsp3) is 0.257. The molecule has 4 aromatic carbocycles. The number of sulfonamides is 1. The Balaban J connectivity index is 1.78. The molecule has 0 heterocycles. The number of rotatable bonds is 15. The van der Waals surface area contributed by atoms with Crippen molar-refractivity contribution in [2.45, 2.75) is 43.7 Å². The third-order valence-electron chi connectivity index (χ3n) is 7.39. The first-order valence-electron chi connectivity index (χ1n) is 14.9. The maximum atomic E-state index is 14.5. The van der Waals surface area contributed by atoms with Crippen LogP contribution in [-0.2, 0) is 32.6 Å². The lowest BCUT2D eigenvalue weighted by Gasteiger charge is -2.34. The molecule has 0 unspecified atom stereocenters. The Bertz CT molecular complexity index is 1700. The zero-order chi connectivity index (χ0) is 33.1. The summed E-state index contributed by atoms with van der Waals surface area (Å²) in [5, 5.41) is 3.30. The molecule has 8 nitrogen and oxygen atoms in total. The van der Waals surface area contributed by atoms with Crippen molar-refractivity contribution >= 4 is 55.1 Å². The molecule has 1 atom stereocenters. The molecule has 0 saturated carbocycles. The molecule has 0 aliphatic heterocycles. The van der Waals surface area contributed by atoms with Gasteiger partial charge in [-0.05, 0) is 72.1 Å². The van der Waals surface area contributed by atoms with Crippen molar-refractivity contribution in [3.8, 4) is 5.75 Å². The van der Waals surface area contributed by atoms with Gasteiger partial charge in [0, 0.05) is 29.0 Å². The Kier molecular flexibility index (Phi) is 12.7. The smallest absolute Gasteiger partial charge is 0.264 e. The topological polar surface area (TPSA) is 96.0 Å². The lowest BCUT2D eigenvalue weighted by Crippen LogP contribution is -2.53. The monoisotopic (exact) mass is 725 g/mol. The third kappa shape index (κ3) is 9.34. The number of carbonyl (C=O) groups is 2. The Labute approximate surface area is 284 Å². The van der Waals surface area contributed by atoms with Gasteiger partial charge >= 0.3 is 0 Å². The van der Waals surface area contributed by atoms with Crippen LogP contribution in [0.25, 0.3) is 0 Å². The fourth-order valence-corrected chi connectivity index (χ4v) is 6.74. The van der Waals surface area contributed by atoms with Crippen molar-refractivity contribution in [1.82, 2.24) is 10.2 Å². The minimum Gasteiger partial charge on any atom is -0.497 e. The van der Waals surface area contributed by atoms with E-state index in [1.807, 2.05) is 61.5 Å². The third-order valence-corrected chi connectivity index (χ3v) is 9.94. The largest absolute Gasteiger partial charge is 0.497 e. The van der Waals surface area contributed by atoms with Crippen molar-refractivity contribution < 1.29 is 22.7 Å². The predicted molar refractivity (Wildman–Crippen MR) is 186 cm³/mol. The van der Waals surface area contributed by atoms with E-state index in [9.17, 15) is 18.0 Å². The van der Waals surface area contributed by atoms with Crippen LogP contribution in [0.15, 0.2) is 112 Å². The number of ether oxygens (including phenoxy) is 1. The second kappa shape index (κ2) is 16.6. The molecule has 1 N–H and O–H groups in total. The molecule has 4 rings (SSSR count). The lowest BCUT2D eigenvalue weighted by atomic mass is 10.0. The van der Waals surface area contributed by atoms with Crippen LogP contribution in [0.2, 0.25) is 5.02 Å². The number of nitrogens with zero attached hydrogens (tertiary/aromatic N) is 2. The van der Waals surface area contributed by atoms with Gasteiger partial charge in [-0.25, -0.2) is 8.42 Å². The van der Waals surface area contributed by atoms with E-state index in [1.165, 1.54) is 30.2 Å². The first kappa shape index (κ1) is 35.0. The van der Waals surface area contributed by atoms with Crippen molar-refractivity contribution in [2.24, 2.45) is 0 Å². The van der Waals surface area contributed by atoms with Crippen LogP contribution >= 0.6 is 27.5 Å². The molecule has 0 fully saturated rings. The van der Waals surface area contributed by atoms with Crippen LogP contribution in [0.3, 0.4) is 0 Å². The Morgan fingerprint density at radius 3 is 2.24 bits per heavy atom. The lowest BCUT2D eigenvalue weighted by molar-refractivity contribution is -0.140. The summed E-state index contributed by atoms with van der Waals surface area (Å²) in [6, 6.07) is 28.2. The van der Waals surface area contributed by atoms with Gasteiger partial charge in [0.25, 0.3) is 10.0 Å². The molecule has 2 amide bonds. The van der Waals surface area contributed by atoms with Crippen LogP contribution in [0, 0.1) is 0 Å². The molecule has 0 radical (unpaired) electrons. The van der Waals surface area contributed by atoms with E-state index in [4.69, 9.17) is 16.3 Å². The highest BCUT2D eigenvalue weighted by molar-refractivity contribution is 9.10. The molecule has 11 heteroatoms. The molecule has 242 valence electrons. The van der Waals surface area contributed by atoms with E-state index in [1.54, 1.807) is 30.3 Å². The highest BCUT2D eigenvalue weighted by Gasteiger charge is 2.34. The SMILES string of the molecule is CCCCNC(=O)[C@@H](Cc1ccccc1)N(Cc1ccc(Br)cc1)C(=O)CN(c1cccc(Cl)c1)S(=O)(=O)c1ccc(OC)cc1. The highest BCUT2D eigenvalue weighted by Crippen LogP contribution is 2.28. The predicted octanol–water partition coefficient (Wildman–Crippen LogP) is 6.86. The van der Waals surface area contributed by atoms with E-state index in [2.05, 4.69) is 21.2 Å². The van der Waals surface area contributed by atoms with E-state index in [0.717, 1.165) is 32.7 Å². The van der Waals surface area contributed by atoms with Gasteiger partial charge in [0.05, 0.1) is 17.7 Å². The standard InChI is InChI=1S/C35H37BrClN3O5S/c1-3-4-21-38-35(42)33(22-26-9-6-5-7-10-26)39(24-27-13-15-28(36)16-14-27)34(41)25-40(30-12-8-11-29(37)23-30)46(43,44)32-19-17-31(45-2)18-20-32/h5-20,23,33H,3-4,21-22,24-25H2,1-2H3,(H,38,42)/t33-/m1/s1. The van der Waals surface area contributed by atoms with E-state index in [-0.39, 0.29) is 29.5 Å². The number of benzene rings is 4. The summed E-state index contributed by atoms with van der Waals surface area (Å²) in [6.45, 7) is 2.00. The summed E-state index contributed by atoms with van der Waals surface area (Å²) in [5.41, 5.74) is 1.86. The van der Waals surface area contributed by atoms with Crippen LogP contribution in [0.1, 0.15) is 30.9 Å². The van der Waals surface area contributed by atoms with E-state index >= 15 is 0 Å². The summed E-state index contributed by atoms with van der Waals surface area (Å²) in [5.74, 6) is -0.371. The molecular weight excluding hydrogens is 690 g/mol. The van der Waals surface area contributed by atoms with Crippen molar-refractivity contribution in [2.75, 3.05) is 24.5 Å². The number of amides is 2. The van der Waals surface area contributed by atoms with Gasteiger partial charge in [-0.1, -0.05) is 89.4 Å². The van der Waals surface area contributed by atoms with Crippen LogP contribution in [0.5, 0.6) is 5.75 Å². The Morgan fingerprint density at radius 2 is 1.61 bits per heavy atom. The van der Waals surface area contributed by atoms with Gasteiger partial charge in [-0.15, -0.1) is 0 Å². The molecule has 4 aromatic rings. The molecule has 0 aliphatic rings. The maximum Gasteiger partial charge on any atom is 0.264 e. The molecule has 0 aliphatic carbocycles. The van der Waals surface area contributed by atoms with Gasteiger partial charge in [0.15, 0.2) is 0 Å². The summed E-state index contributed by atoms with van der Waals surface area (Å²) >= 11 is 9.75. The normalized spacial score (nSPS) is 11.8. The number of unbranched alkanes of at least 4 members (excludes halogenated alkanes) is 1. The summed E-state index contributed by atoms with van der Waals surface area (Å²) < 4.78 is 35.4. The molecule has 0 saturated heterocycles. The Morgan fingerprint density at radius 1 is 0.913 bits per heavy atom. The second-order valence-corrected chi connectivity index (χ2v) is 13.9. The van der Waals surface area contributed by atoms with Gasteiger partial charge in [-0.3, -0.25) is 13.9 Å². The Hall–Kier alpha value is -3.86. The molecule has 0 spiro atoms. The minimum absolute atomic E-state index is 0.0290. The first-order chi connectivity index (χ1) is 22.1. The van der Waals surface area contributed by atoms with E-state index < -0.39 is 28.5 Å². The summed E-state index contributed by atoms with van der Waals surface area (Å²) in [6.07, 6.45) is 1.92. The maximum absolute atomic E-state index is 14.5. The molecule has 46 heavy (non-hydrogen) atoms. The number of carbonyl (C=O) groups excluding carboxylic acids is 2. The van der Waals surface area contributed by atoms with Crippen LogP contribution < -0.4 is 14.4 Å². The van der Waals surface area contributed by atoms with Gasteiger partial charge in [0.1, 0.15) is 18.3 Å².